The highest BCUT2D eigenvalue weighted by atomic mass is 16.2. The number of amides is 1. The monoisotopic (exact) mass is 273 g/mol. The van der Waals surface area contributed by atoms with Gasteiger partial charge in [-0.25, -0.2) is 0 Å². The van der Waals surface area contributed by atoms with E-state index < -0.39 is 0 Å². The van der Waals surface area contributed by atoms with Crippen LogP contribution >= 0.6 is 0 Å². The molecule has 0 bridgehead atoms. The number of rotatable bonds is 2. The first-order valence-corrected chi connectivity index (χ1v) is 7.61. The fourth-order valence-electron chi connectivity index (χ4n) is 3.09. The van der Waals surface area contributed by atoms with E-state index in [0.29, 0.717) is 0 Å². The maximum atomic E-state index is 12.8. The van der Waals surface area contributed by atoms with Gasteiger partial charge in [-0.15, -0.1) is 0 Å². The second-order valence-electron chi connectivity index (χ2n) is 5.76. The van der Waals surface area contributed by atoms with Gasteiger partial charge >= 0.3 is 0 Å². The third-order valence-electron chi connectivity index (χ3n) is 4.23. The van der Waals surface area contributed by atoms with E-state index in [-0.39, 0.29) is 5.91 Å². The molecule has 2 aliphatic heterocycles. The maximum absolute atomic E-state index is 12.8. The predicted octanol–water partition coefficient (Wildman–Crippen LogP) is 1.64. The second kappa shape index (κ2) is 5.83. The average molecular weight is 273 g/mol. The fourth-order valence-corrected chi connectivity index (χ4v) is 3.09. The fraction of sp³-hybridized carbons (Fsp3) is 0.562. The molecule has 2 heterocycles. The Morgan fingerprint density at radius 3 is 2.50 bits per heavy atom. The van der Waals surface area contributed by atoms with E-state index >= 15 is 0 Å². The molecule has 4 nitrogen and oxygen atoms in total. The lowest BCUT2D eigenvalue weighted by Gasteiger charge is -2.29. The van der Waals surface area contributed by atoms with Gasteiger partial charge < -0.3 is 15.1 Å². The van der Waals surface area contributed by atoms with Gasteiger partial charge in [0.25, 0.3) is 5.91 Å². The Morgan fingerprint density at radius 2 is 1.80 bits per heavy atom. The van der Waals surface area contributed by atoms with Gasteiger partial charge in [0.1, 0.15) is 0 Å². The molecule has 2 fully saturated rings. The van der Waals surface area contributed by atoms with Gasteiger partial charge in [0.2, 0.25) is 0 Å². The average Bonchev–Trinajstić information content (AvgIpc) is 3.01. The SMILES string of the molecule is Cc1ccc(N2CCCC2)c(C(=O)N2CCNCC2)c1. The van der Waals surface area contributed by atoms with Crippen LogP contribution in [0.1, 0.15) is 28.8 Å². The van der Waals surface area contributed by atoms with Gasteiger partial charge in [-0.2, -0.15) is 0 Å². The van der Waals surface area contributed by atoms with E-state index in [4.69, 9.17) is 0 Å². The van der Waals surface area contributed by atoms with Crippen molar-refractivity contribution < 1.29 is 4.79 Å². The molecule has 1 N–H and O–H groups in total. The summed E-state index contributed by atoms with van der Waals surface area (Å²) in [4.78, 5) is 17.1. The molecular formula is C16H23N3O. The number of hydrogen-bond acceptors (Lipinski definition) is 3. The first-order valence-electron chi connectivity index (χ1n) is 7.61. The standard InChI is InChI=1S/C16H23N3O/c1-13-4-5-15(18-8-2-3-9-18)14(12-13)16(20)19-10-6-17-7-11-19/h4-5,12,17H,2-3,6-11H2,1H3. The van der Waals surface area contributed by atoms with Gasteiger partial charge in [0.05, 0.1) is 5.56 Å². The minimum Gasteiger partial charge on any atom is -0.371 e. The van der Waals surface area contributed by atoms with Gasteiger partial charge in [-0.05, 0) is 31.9 Å². The number of aryl methyl sites for hydroxylation is 1. The Morgan fingerprint density at radius 1 is 1.10 bits per heavy atom. The summed E-state index contributed by atoms with van der Waals surface area (Å²) in [6.45, 7) is 7.63. The molecule has 108 valence electrons. The van der Waals surface area contributed by atoms with E-state index in [9.17, 15) is 4.79 Å². The Kier molecular flexibility index (Phi) is 3.92. The topological polar surface area (TPSA) is 35.6 Å². The summed E-state index contributed by atoms with van der Waals surface area (Å²) >= 11 is 0. The van der Waals surface area contributed by atoms with E-state index in [0.717, 1.165) is 56.1 Å². The molecule has 1 aromatic rings. The van der Waals surface area contributed by atoms with E-state index in [2.05, 4.69) is 35.3 Å². The number of nitrogens with one attached hydrogen (secondary N) is 1. The highest BCUT2D eigenvalue weighted by Crippen LogP contribution is 2.27. The Hall–Kier alpha value is -1.55. The van der Waals surface area contributed by atoms with Crippen molar-refractivity contribution in [3.05, 3.63) is 29.3 Å². The van der Waals surface area contributed by atoms with Crippen LogP contribution in [0.4, 0.5) is 5.69 Å². The number of anilines is 1. The van der Waals surface area contributed by atoms with Crippen molar-refractivity contribution in [3.8, 4) is 0 Å². The molecular weight excluding hydrogens is 250 g/mol. The van der Waals surface area contributed by atoms with Crippen molar-refractivity contribution >= 4 is 11.6 Å². The zero-order chi connectivity index (χ0) is 13.9. The van der Waals surface area contributed by atoms with Crippen LogP contribution in [0.3, 0.4) is 0 Å². The van der Waals surface area contributed by atoms with Crippen molar-refractivity contribution in [1.82, 2.24) is 10.2 Å². The number of carbonyl (C=O) groups excluding carboxylic acids is 1. The molecule has 0 atom stereocenters. The van der Waals surface area contributed by atoms with Crippen LogP contribution in [0.5, 0.6) is 0 Å². The molecule has 0 spiro atoms. The smallest absolute Gasteiger partial charge is 0.256 e. The highest BCUT2D eigenvalue weighted by Gasteiger charge is 2.24. The number of hydrogen-bond donors (Lipinski definition) is 1. The Labute approximate surface area is 120 Å². The minimum atomic E-state index is 0.192. The normalized spacial score (nSPS) is 19.4. The largest absolute Gasteiger partial charge is 0.371 e. The van der Waals surface area contributed by atoms with E-state index in [1.807, 2.05) is 4.90 Å². The molecule has 0 saturated carbocycles. The van der Waals surface area contributed by atoms with Crippen LogP contribution in [0.15, 0.2) is 18.2 Å². The molecule has 2 saturated heterocycles. The zero-order valence-corrected chi connectivity index (χ0v) is 12.2. The lowest BCUT2D eigenvalue weighted by Crippen LogP contribution is -2.46. The Bertz CT molecular complexity index is 488. The number of nitrogens with zero attached hydrogens (tertiary/aromatic N) is 2. The van der Waals surface area contributed by atoms with Crippen molar-refractivity contribution in [2.45, 2.75) is 19.8 Å². The van der Waals surface area contributed by atoms with Gasteiger partial charge in [0.15, 0.2) is 0 Å². The zero-order valence-electron chi connectivity index (χ0n) is 12.2. The summed E-state index contributed by atoms with van der Waals surface area (Å²) in [5, 5.41) is 3.30. The van der Waals surface area contributed by atoms with Crippen LogP contribution in [0.25, 0.3) is 0 Å². The molecule has 4 heteroatoms. The molecule has 0 aliphatic carbocycles. The Balaban J connectivity index is 1.89. The minimum absolute atomic E-state index is 0.192. The number of carbonyl (C=O) groups is 1. The van der Waals surface area contributed by atoms with Crippen LogP contribution in [0, 0.1) is 6.92 Å². The molecule has 1 aromatic carbocycles. The third-order valence-corrected chi connectivity index (χ3v) is 4.23. The first-order chi connectivity index (χ1) is 9.75. The number of piperazine rings is 1. The van der Waals surface area contributed by atoms with E-state index in [1.54, 1.807) is 0 Å². The molecule has 20 heavy (non-hydrogen) atoms. The lowest BCUT2D eigenvalue weighted by molar-refractivity contribution is 0.0736. The molecule has 0 aromatic heterocycles. The van der Waals surface area contributed by atoms with Crippen molar-refractivity contribution in [1.29, 1.82) is 0 Å². The highest BCUT2D eigenvalue weighted by molar-refractivity contribution is 6.00. The quantitative estimate of drug-likeness (QED) is 0.890. The summed E-state index contributed by atoms with van der Waals surface area (Å²) in [5.41, 5.74) is 3.16. The number of benzene rings is 1. The van der Waals surface area contributed by atoms with Gasteiger partial charge in [-0.1, -0.05) is 11.6 Å². The molecule has 0 radical (unpaired) electrons. The third kappa shape index (κ3) is 2.66. The summed E-state index contributed by atoms with van der Waals surface area (Å²) < 4.78 is 0. The van der Waals surface area contributed by atoms with Crippen molar-refractivity contribution in [2.75, 3.05) is 44.2 Å². The van der Waals surface area contributed by atoms with Crippen molar-refractivity contribution in [2.24, 2.45) is 0 Å². The van der Waals surface area contributed by atoms with Crippen molar-refractivity contribution in [3.63, 3.8) is 0 Å². The van der Waals surface area contributed by atoms with Crippen LogP contribution in [0.2, 0.25) is 0 Å². The first kappa shape index (κ1) is 13.4. The summed E-state index contributed by atoms with van der Waals surface area (Å²) in [5.74, 6) is 0.192. The second-order valence-corrected chi connectivity index (χ2v) is 5.76. The van der Waals surface area contributed by atoms with E-state index in [1.165, 1.54) is 12.8 Å². The summed E-state index contributed by atoms with van der Waals surface area (Å²) in [7, 11) is 0. The molecule has 1 amide bonds. The lowest BCUT2D eigenvalue weighted by atomic mass is 10.1. The maximum Gasteiger partial charge on any atom is 0.256 e. The van der Waals surface area contributed by atoms with Crippen LogP contribution < -0.4 is 10.2 Å². The van der Waals surface area contributed by atoms with Crippen LogP contribution in [-0.2, 0) is 0 Å². The summed E-state index contributed by atoms with van der Waals surface area (Å²) in [6.07, 6.45) is 2.46. The molecule has 0 unspecified atom stereocenters. The molecule has 2 aliphatic rings. The van der Waals surface area contributed by atoms with Crippen LogP contribution in [-0.4, -0.2) is 50.1 Å². The molecule has 3 rings (SSSR count). The predicted molar refractivity (Wildman–Crippen MR) is 81.4 cm³/mol. The van der Waals surface area contributed by atoms with Gasteiger partial charge in [0, 0.05) is 45.0 Å². The summed E-state index contributed by atoms with van der Waals surface area (Å²) in [6, 6.07) is 6.29. The van der Waals surface area contributed by atoms with Gasteiger partial charge in [-0.3, -0.25) is 4.79 Å².